The Labute approximate surface area is 112 Å². The molecule has 0 radical (unpaired) electrons. The molecule has 102 valence electrons. The second-order valence-corrected chi connectivity index (χ2v) is 5.58. The molecule has 1 aromatic carbocycles. The van der Waals surface area contributed by atoms with Gasteiger partial charge in [0, 0.05) is 13.1 Å². The van der Waals surface area contributed by atoms with E-state index in [1.807, 2.05) is 0 Å². The van der Waals surface area contributed by atoms with Crippen molar-refractivity contribution in [2.75, 3.05) is 20.1 Å². The van der Waals surface area contributed by atoms with Crippen LogP contribution in [0, 0.1) is 5.92 Å². The lowest BCUT2D eigenvalue weighted by Crippen LogP contribution is -2.19. The molecular formula is C16H28N2. The smallest absolute Gasteiger partial charge is 0.0230 e. The predicted octanol–water partition coefficient (Wildman–Crippen LogP) is 3.27. The Kier molecular flexibility index (Phi) is 6.99. The van der Waals surface area contributed by atoms with Crippen molar-refractivity contribution in [3.8, 4) is 0 Å². The van der Waals surface area contributed by atoms with Crippen LogP contribution in [-0.2, 0) is 13.1 Å². The topological polar surface area (TPSA) is 15.3 Å². The molecule has 1 N–H and O–H groups in total. The fraction of sp³-hybridized carbons (Fsp3) is 0.625. The molecule has 0 aromatic heterocycles. The first-order chi connectivity index (χ1) is 8.61. The summed E-state index contributed by atoms with van der Waals surface area (Å²) in [4.78, 5) is 2.37. The summed E-state index contributed by atoms with van der Waals surface area (Å²) in [6.07, 6.45) is 1.22. The molecule has 0 unspecified atom stereocenters. The summed E-state index contributed by atoms with van der Waals surface area (Å²) in [6.45, 7) is 11.0. The van der Waals surface area contributed by atoms with Crippen molar-refractivity contribution < 1.29 is 0 Å². The quantitative estimate of drug-likeness (QED) is 0.759. The highest BCUT2D eigenvalue weighted by Gasteiger charge is 2.00. The van der Waals surface area contributed by atoms with Gasteiger partial charge in [0.2, 0.25) is 0 Å². The van der Waals surface area contributed by atoms with Gasteiger partial charge in [-0.1, -0.05) is 45.0 Å². The second kappa shape index (κ2) is 8.28. The van der Waals surface area contributed by atoms with Gasteiger partial charge in [-0.15, -0.1) is 0 Å². The van der Waals surface area contributed by atoms with E-state index in [0.29, 0.717) is 5.92 Å². The van der Waals surface area contributed by atoms with Crippen LogP contribution in [0.25, 0.3) is 0 Å². The van der Waals surface area contributed by atoms with E-state index >= 15 is 0 Å². The highest BCUT2D eigenvalue weighted by molar-refractivity contribution is 5.22. The minimum absolute atomic E-state index is 0.715. The maximum absolute atomic E-state index is 3.47. The molecule has 0 saturated carbocycles. The fourth-order valence-corrected chi connectivity index (χ4v) is 2.04. The minimum Gasteiger partial charge on any atom is -0.312 e. The maximum Gasteiger partial charge on any atom is 0.0230 e. The molecule has 0 atom stereocenters. The Morgan fingerprint density at radius 2 is 1.72 bits per heavy atom. The van der Waals surface area contributed by atoms with Crippen molar-refractivity contribution in [2.24, 2.45) is 5.92 Å². The Hall–Kier alpha value is -0.860. The van der Waals surface area contributed by atoms with Crippen LogP contribution in [0.3, 0.4) is 0 Å². The van der Waals surface area contributed by atoms with E-state index in [4.69, 9.17) is 0 Å². The minimum atomic E-state index is 0.715. The monoisotopic (exact) mass is 248 g/mol. The van der Waals surface area contributed by atoms with E-state index in [-0.39, 0.29) is 0 Å². The van der Waals surface area contributed by atoms with Gasteiger partial charge in [-0.25, -0.2) is 0 Å². The van der Waals surface area contributed by atoms with Gasteiger partial charge in [0.25, 0.3) is 0 Å². The van der Waals surface area contributed by atoms with Crippen molar-refractivity contribution in [3.63, 3.8) is 0 Å². The number of hydrogen-bond acceptors (Lipinski definition) is 2. The summed E-state index contributed by atoms with van der Waals surface area (Å²) < 4.78 is 0. The molecule has 0 heterocycles. The number of hydrogen-bond donors (Lipinski definition) is 1. The number of benzene rings is 1. The van der Waals surface area contributed by atoms with Crippen LogP contribution in [0.5, 0.6) is 0 Å². The number of rotatable bonds is 8. The Bertz CT molecular complexity index is 316. The zero-order valence-corrected chi connectivity index (χ0v) is 12.4. The van der Waals surface area contributed by atoms with Gasteiger partial charge in [0.15, 0.2) is 0 Å². The first-order valence-corrected chi connectivity index (χ1v) is 7.09. The fourth-order valence-electron chi connectivity index (χ4n) is 2.04. The zero-order valence-electron chi connectivity index (χ0n) is 12.4. The first kappa shape index (κ1) is 15.2. The number of nitrogens with zero attached hydrogens (tertiary/aromatic N) is 1. The molecule has 2 nitrogen and oxygen atoms in total. The molecular weight excluding hydrogens is 220 g/mol. The van der Waals surface area contributed by atoms with Gasteiger partial charge < -0.3 is 10.2 Å². The summed E-state index contributed by atoms with van der Waals surface area (Å²) in [5.41, 5.74) is 2.77. The molecule has 18 heavy (non-hydrogen) atoms. The molecule has 1 rings (SSSR count). The summed E-state index contributed by atoms with van der Waals surface area (Å²) in [7, 11) is 2.18. The molecule has 1 aromatic rings. The van der Waals surface area contributed by atoms with Crippen LogP contribution in [0.1, 0.15) is 38.3 Å². The second-order valence-electron chi connectivity index (χ2n) is 5.58. The summed E-state index contributed by atoms with van der Waals surface area (Å²) >= 11 is 0. The van der Waals surface area contributed by atoms with Crippen molar-refractivity contribution in [1.82, 2.24) is 10.2 Å². The lowest BCUT2D eigenvalue weighted by Gasteiger charge is -2.15. The predicted molar refractivity (Wildman–Crippen MR) is 79.6 cm³/mol. The first-order valence-electron chi connectivity index (χ1n) is 7.09. The Morgan fingerprint density at radius 3 is 2.28 bits per heavy atom. The van der Waals surface area contributed by atoms with Gasteiger partial charge in [-0.05, 0) is 43.6 Å². The third kappa shape index (κ3) is 6.18. The van der Waals surface area contributed by atoms with E-state index in [1.54, 1.807) is 0 Å². The molecule has 2 heteroatoms. The normalized spacial score (nSPS) is 11.4. The van der Waals surface area contributed by atoms with Crippen molar-refractivity contribution in [2.45, 2.75) is 40.3 Å². The van der Waals surface area contributed by atoms with Crippen LogP contribution in [-0.4, -0.2) is 25.0 Å². The van der Waals surface area contributed by atoms with Crippen molar-refractivity contribution in [1.29, 1.82) is 0 Å². The molecule has 0 aliphatic rings. The summed E-state index contributed by atoms with van der Waals surface area (Å²) in [6, 6.07) is 8.97. The van der Waals surface area contributed by atoms with Crippen molar-refractivity contribution in [3.05, 3.63) is 35.4 Å². The van der Waals surface area contributed by atoms with Crippen molar-refractivity contribution >= 4 is 0 Å². The largest absolute Gasteiger partial charge is 0.312 e. The van der Waals surface area contributed by atoms with E-state index in [1.165, 1.54) is 17.5 Å². The summed E-state index contributed by atoms with van der Waals surface area (Å²) in [5.74, 6) is 0.715. The van der Waals surface area contributed by atoms with Gasteiger partial charge in [-0.3, -0.25) is 0 Å². The average molecular weight is 248 g/mol. The molecule has 0 aliphatic carbocycles. The highest BCUT2D eigenvalue weighted by atomic mass is 15.1. The lowest BCUT2D eigenvalue weighted by molar-refractivity contribution is 0.327. The van der Waals surface area contributed by atoms with Gasteiger partial charge in [0.1, 0.15) is 0 Å². The SMILES string of the molecule is CCCN(C)Cc1ccc(CNCC(C)C)cc1. The molecule has 0 aliphatic heterocycles. The standard InChI is InChI=1S/C16H28N2/c1-5-10-18(4)13-16-8-6-15(7-9-16)12-17-11-14(2)3/h6-9,14,17H,5,10-13H2,1-4H3. The molecule has 0 saturated heterocycles. The highest BCUT2D eigenvalue weighted by Crippen LogP contribution is 2.07. The van der Waals surface area contributed by atoms with E-state index in [2.05, 4.69) is 62.3 Å². The van der Waals surface area contributed by atoms with Crippen LogP contribution in [0.2, 0.25) is 0 Å². The maximum atomic E-state index is 3.47. The number of nitrogens with one attached hydrogen (secondary N) is 1. The van der Waals surface area contributed by atoms with Crippen LogP contribution >= 0.6 is 0 Å². The van der Waals surface area contributed by atoms with Gasteiger partial charge in [-0.2, -0.15) is 0 Å². The summed E-state index contributed by atoms with van der Waals surface area (Å²) in [5, 5.41) is 3.47. The van der Waals surface area contributed by atoms with E-state index < -0.39 is 0 Å². The van der Waals surface area contributed by atoms with Crippen LogP contribution in [0.15, 0.2) is 24.3 Å². The van der Waals surface area contributed by atoms with Crippen LogP contribution in [0.4, 0.5) is 0 Å². The van der Waals surface area contributed by atoms with E-state index in [9.17, 15) is 0 Å². The molecule has 0 spiro atoms. The average Bonchev–Trinajstić information content (AvgIpc) is 2.31. The molecule has 0 bridgehead atoms. The lowest BCUT2D eigenvalue weighted by atomic mass is 10.1. The third-order valence-corrected chi connectivity index (χ3v) is 2.96. The Morgan fingerprint density at radius 1 is 1.11 bits per heavy atom. The Balaban J connectivity index is 2.37. The van der Waals surface area contributed by atoms with E-state index in [0.717, 1.165) is 26.2 Å². The van der Waals surface area contributed by atoms with Gasteiger partial charge >= 0.3 is 0 Å². The van der Waals surface area contributed by atoms with Crippen LogP contribution < -0.4 is 5.32 Å². The van der Waals surface area contributed by atoms with Gasteiger partial charge in [0.05, 0.1) is 0 Å². The molecule has 0 fully saturated rings. The molecule has 0 amide bonds. The zero-order chi connectivity index (χ0) is 13.4. The third-order valence-electron chi connectivity index (χ3n) is 2.96.